The third kappa shape index (κ3) is 4.54. The number of nitrogens with zero attached hydrogens (tertiary/aromatic N) is 2. The molecule has 1 aromatic carbocycles. The van der Waals surface area contributed by atoms with Crippen molar-refractivity contribution in [1.29, 1.82) is 0 Å². The average molecular weight is 382 g/mol. The lowest BCUT2D eigenvalue weighted by atomic mass is 9.91. The standard InChI is InChI=1S/C18H24F2N4O3/c19-14-3-2-13(10-15(14)20)11-24-7-1-4-18(27,16(24)25)12-21-5-8-23-9-6-22-17(23)26/h2-3,10,21,27H,1,4-9,11-12H2,(H,22,26)/t18-/m1/s1. The number of nitrogens with one attached hydrogen (secondary N) is 2. The predicted molar refractivity (Wildman–Crippen MR) is 93.8 cm³/mol. The van der Waals surface area contributed by atoms with Crippen molar-refractivity contribution in [2.75, 3.05) is 39.3 Å². The number of piperidine rings is 1. The molecule has 2 fully saturated rings. The van der Waals surface area contributed by atoms with Crippen LogP contribution in [0.25, 0.3) is 0 Å². The first kappa shape index (κ1) is 19.5. The van der Waals surface area contributed by atoms with E-state index < -0.39 is 23.1 Å². The second-order valence-corrected chi connectivity index (χ2v) is 7.01. The van der Waals surface area contributed by atoms with E-state index in [-0.39, 0.29) is 19.1 Å². The number of rotatable bonds is 7. The van der Waals surface area contributed by atoms with Crippen LogP contribution in [0.3, 0.4) is 0 Å². The molecule has 1 atom stereocenters. The number of hydrogen-bond donors (Lipinski definition) is 3. The summed E-state index contributed by atoms with van der Waals surface area (Å²) in [6.45, 7) is 2.88. The number of halogens is 2. The fourth-order valence-corrected chi connectivity index (χ4v) is 3.47. The molecule has 3 N–H and O–H groups in total. The lowest BCUT2D eigenvalue weighted by Crippen LogP contribution is -2.58. The van der Waals surface area contributed by atoms with Gasteiger partial charge in [0.1, 0.15) is 0 Å². The van der Waals surface area contributed by atoms with Gasteiger partial charge in [-0.1, -0.05) is 6.07 Å². The summed E-state index contributed by atoms with van der Waals surface area (Å²) < 4.78 is 26.4. The quantitative estimate of drug-likeness (QED) is 0.598. The van der Waals surface area contributed by atoms with Crippen molar-refractivity contribution >= 4 is 11.9 Å². The SMILES string of the molecule is O=C1NCCN1CCNC[C@]1(O)CCCN(Cc2ccc(F)c(F)c2)C1=O. The fraction of sp³-hybridized carbons (Fsp3) is 0.556. The maximum Gasteiger partial charge on any atom is 0.317 e. The van der Waals surface area contributed by atoms with E-state index in [4.69, 9.17) is 0 Å². The van der Waals surface area contributed by atoms with Gasteiger partial charge < -0.3 is 25.5 Å². The Labute approximate surface area is 156 Å². The normalized spacial score (nSPS) is 23.1. The molecule has 9 heteroatoms. The molecule has 0 radical (unpaired) electrons. The minimum absolute atomic E-state index is 0.0789. The van der Waals surface area contributed by atoms with Crippen LogP contribution in [0.4, 0.5) is 13.6 Å². The first-order valence-electron chi connectivity index (χ1n) is 9.08. The van der Waals surface area contributed by atoms with E-state index >= 15 is 0 Å². The lowest BCUT2D eigenvalue weighted by Gasteiger charge is -2.38. The van der Waals surface area contributed by atoms with Crippen molar-refractivity contribution in [2.24, 2.45) is 0 Å². The zero-order chi connectivity index (χ0) is 19.4. The second kappa shape index (κ2) is 8.18. The Hall–Kier alpha value is -2.26. The predicted octanol–water partition coefficient (Wildman–Crippen LogP) is 0.433. The summed E-state index contributed by atoms with van der Waals surface area (Å²) in [6, 6.07) is 3.41. The first-order chi connectivity index (χ1) is 12.9. The van der Waals surface area contributed by atoms with E-state index in [2.05, 4.69) is 10.6 Å². The van der Waals surface area contributed by atoms with Gasteiger partial charge in [-0.2, -0.15) is 0 Å². The second-order valence-electron chi connectivity index (χ2n) is 7.01. The molecule has 3 rings (SSSR count). The van der Waals surface area contributed by atoms with E-state index in [9.17, 15) is 23.5 Å². The van der Waals surface area contributed by atoms with Gasteiger partial charge in [0, 0.05) is 45.8 Å². The molecule has 0 spiro atoms. The van der Waals surface area contributed by atoms with Gasteiger partial charge in [0.05, 0.1) is 0 Å². The number of amides is 3. The van der Waals surface area contributed by atoms with Gasteiger partial charge in [0.25, 0.3) is 5.91 Å². The van der Waals surface area contributed by atoms with Crippen LogP contribution in [-0.4, -0.2) is 71.7 Å². The van der Waals surface area contributed by atoms with E-state index in [0.29, 0.717) is 51.1 Å². The van der Waals surface area contributed by atoms with Gasteiger partial charge in [-0.3, -0.25) is 4.79 Å². The van der Waals surface area contributed by atoms with Crippen LogP contribution < -0.4 is 10.6 Å². The summed E-state index contributed by atoms with van der Waals surface area (Å²) >= 11 is 0. The van der Waals surface area contributed by atoms with Crippen LogP contribution in [0, 0.1) is 11.6 Å². The third-order valence-corrected chi connectivity index (χ3v) is 4.98. The molecule has 2 aliphatic heterocycles. The molecule has 27 heavy (non-hydrogen) atoms. The van der Waals surface area contributed by atoms with Gasteiger partial charge in [0.2, 0.25) is 0 Å². The maximum absolute atomic E-state index is 13.4. The van der Waals surface area contributed by atoms with Crippen molar-refractivity contribution in [2.45, 2.75) is 25.0 Å². The van der Waals surface area contributed by atoms with Crippen molar-refractivity contribution < 1.29 is 23.5 Å². The largest absolute Gasteiger partial charge is 0.379 e. The number of benzene rings is 1. The highest BCUT2D eigenvalue weighted by molar-refractivity contribution is 5.86. The highest BCUT2D eigenvalue weighted by Crippen LogP contribution is 2.24. The monoisotopic (exact) mass is 382 g/mol. The molecule has 1 aromatic rings. The van der Waals surface area contributed by atoms with Gasteiger partial charge >= 0.3 is 6.03 Å². The maximum atomic E-state index is 13.4. The molecule has 0 unspecified atom stereocenters. The van der Waals surface area contributed by atoms with Gasteiger partial charge in [-0.25, -0.2) is 13.6 Å². The van der Waals surface area contributed by atoms with Gasteiger partial charge in [0.15, 0.2) is 17.2 Å². The number of carbonyl (C=O) groups excluding carboxylic acids is 2. The molecule has 0 bridgehead atoms. The van der Waals surface area contributed by atoms with E-state index in [1.54, 1.807) is 4.90 Å². The molecule has 148 valence electrons. The van der Waals surface area contributed by atoms with E-state index in [0.717, 1.165) is 12.1 Å². The molecule has 3 amide bonds. The van der Waals surface area contributed by atoms with Gasteiger partial charge in [-0.05, 0) is 30.5 Å². The van der Waals surface area contributed by atoms with Crippen LogP contribution in [0.2, 0.25) is 0 Å². The summed E-state index contributed by atoms with van der Waals surface area (Å²) in [5, 5.41) is 16.5. The Morgan fingerprint density at radius 1 is 1.19 bits per heavy atom. The highest BCUT2D eigenvalue weighted by Gasteiger charge is 2.41. The van der Waals surface area contributed by atoms with Crippen molar-refractivity contribution in [3.8, 4) is 0 Å². The third-order valence-electron chi connectivity index (χ3n) is 4.98. The number of urea groups is 1. The molecule has 2 aliphatic rings. The Kier molecular flexibility index (Phi) is 5.91. The number of carbonyl (C=O) groups is 2. The molecular formula is C18H24F2N4O3. The van der Waals surface area contributed by atoms with Crippen LogP contribution in [-0.2, 0) is 11.3 Å². The Bertz CT molecular complexity index is 718. The lowest BCUT2D eigenvalue weighted by molar-refractivity contribution is -0.157. The molecule has 2 saturated heterocycles. The molecule has 0 aliphatic carbocycles. The van der Waals surface area contributed by atoms with Crippen LogP contribution >= 0.6 is 0 Å². The number of hydrogen-bond acceptors (Lipinski definition) is 4. The Morgan fingerprint density at radius 3 is 2.70 bits per heavy atom. The topological polar surface area (TPSA) is 84.9 Å². The van der Waals surface area contributed by atoms with Crippen molar-refractivity contribution in [1.82, 2.24) is 20.4 Å². The van der Waals surface area contributed by atoms with Crippen LogP contribution in [0.1, 0.15) is 18.4 Å². The first-order valence-corrected chi connectivity index (χ1v) is 9.08. The summed E-state index contributed by atoms with van der Waals surface area (Å²) in [4.78, 5) is 27.3. The Morgan fingerprint density at radius 2 is 2.00 bits per heavy atom. The fourth-order valence-electron chi connectivity index (χ4n) is 3.47. The van der Waals surface area contributed by atoms with Crippen molar-refractivity contribution in [3.05, 3.63) is 35.4 Å². The summed E-state index contributed by atoms with van der Waals surface area (Å²) in [5.74, 6) is -2.32. The number of likely N-dealkylation sites (tertiary alicyclic amines) is 1. The molecule has 7 nitrogen and oxygen atoms in total. The van der Waals surface area contributed by atoms with Crippen LogP contribution in [0.5, 0.6) is 0 Å². The summed E-state index contributed by atoms with van der Waals surface area (Å²) in [7, 11) is 0. The van der Waals surface area contributed by atoms with Crippen molar-refractivity contribution in [3.63, 3.8) is 0 Å². The minimum Gasteiger partial charge on any atom is -0.379 e. The minimum atomic E-state index is -1.54. The van der Waals surface area contributed by atoms with Crippen LogP contribution in [0.15, 0.2) is 18.2 Å². The summed E-state index contributed by atoms with van der Waals surface area (Å²) in [6.07, 6.45) is 0.944. The zero-order valence-electron chi connectivity index (χ0n) is 15.0. The molecule has 0 aromatic heterocycles. The van der Waals surface area contributed by atoms with E-state index in [1.807, 2.05) is 0 Å². The average Bonchev–Trinajstić information content (AvgIpc) is 3.04. The summed E-state index contributed by atoms with van der Waals surface area (Å²) in [5.41, 5.74) is -1.07. The Balaban J connectivity index is 1.52. The molecule has 0 saturated carbocycles. The zero-order valence-corrected chi connectivity index (χ0v) is 15.0. The van der Waals surface area contributed by atoms with E-state index in [1.165, 1.54) is 11.0 Å². The number of aliphatic hydroxyl groups is 1. The molecular weight excluding hydrogens is 358 g/mol. The van der Waals surface area contributed by atoms with Gasteiger partial charge in [-0.15, -0.1) is 0 Å². The highest BCUT2D eigenvalue weighted by atomic mass is 19.2. The molecule has 2 heterocycles. The smallest absolute Gasteiger partial charge is 0.317 e.